The lowest BCUT2D eigenvalue weighted by Gasteiger charge is -2.25. The first-order valence-corrected chi connectivity index (χ1v) is 25.9. The Kier molecular flexibility index (Phi) is 40.2. The number of quaternary nitrogens is 1. The van der Waals surface area contributed by atoms with Gasteiger partial charge in [0.2, 0.25) is 5.91 Å². The van der Waals surface area contributed by atoms with Crippen molar-refractivity contribution < 1.29 is 32.9 Å². The van der Waals surface area contributed by atoms with E-state index in [-0.39, 0.29) is 19.1 Å². The van der Waals surface area contributed by atoms with Gasteiger partial charge in [-0.25, -0.2) is 4.57 Å². The number of hydrogen-bond acceptors (Lipinski definition) is 5. The molecule has 342 valence electrons. The number of hydrogen-bond donors (Lipinski definition) is 3. The highest BCUT2D eigenvalue weighted by atomic mass is 31.2. The number of unbranched alkanes of at least 4 members (excludes halogenated alkanes) is 27. The van der Waals surface area contributed by atoms with Gasteiger partial charge in [0.1, 0.15) is 13.2 Å². The number of aliphatic hydroxyl groups is 1. The summed E-state index contributed by atoms with van der Waals surface area (Å²) in [6, 6.07) is -0.861. The zero-order valence-corrected chi connectivity index (χ0v) is 39.7. The minimum absolute atomic E-state index is 0.0558. The fourth-order valence-corrected chi connectivity index (χ4v) is 7.67. The largest absolute Gasteiger partial charge is 0.472 e. The van der Waals surface area contributed by atoms with Crippen LogP contribution in [0.15, 0.2) is 36.5 Å². The summed E-state index contributed by atoms with van der Waals surface area (Å²) in [5.41, 5.74) is 0. The summed E-state index contributed by atoms with van der Waals surface area (Å²) in [5.74, 6) is -0.190. The van der Waals surface area contributed by atoms with Crippen molar-refractivity contribution in [3.63, 3.8) is 0 Å². The summed E-state index contributed by atoms with van der Waals surface area (Å²) >= 11 is 0. The number of phosphoric ester groups is 1. The Hall–Kier alpha value is -1.28. The monoisotopic (exact) mass is 840 g/mol. The molecule has 8 nitrogen and oxygen atoms in total. The van der Waals surface area contributed by atoms with E-state index >= 15 is 0 Å². The van der Waals surface area contributed by atoms with Crippen molar-refractivity contribution in [1.29, 1.82) is 0 Å². The molecule has 0 aliphatic carbocycles. The molecule has 0 aliphatic heterocycles. The zero-order valence-electron chi connectivity index (χ0n) is 38.8. The number of carbonyl (C=O) groups excluding carboxylic acids is 1. The summed E-state index contributed by atoms with van der Waals surface area (Å²) < 4.78 is 23.5. The topological polar surface area (TPSA) is 105 Å². The van der Waals surface area contributed by atoms with E-state index in [0.29, 0.717) is 17.4 Å². The van der Waals surface area contributed by atoms with E-state index in [1.165, 1.54) is 161 Å². The zero-order chi connectivity index (χ0) is 42.8. The van der Waals surface area contributed by atoms with E-state index in [9.17, 15) is 19.4 Å². The normalized spacial score (nSPS) is 14.5. The number of rotatable bonds is 44. The van der Waals surface area contributed by atoms with Crippen LogP contribution in [0.25, 0.3) is 0 Å². The van der Waals surface area contributed by atoms with Crippen LogP contribution in [0, 0.1) is 0 Å². The van der Waals surface area contributed by atoms with Gasteiger partial charge in [0.25, 0.3) is 0 Å². The Morgan fingerprint density at radius 2 is 0.948 bits per heavy atom. The lowest BCUT2D eigenvalue weighted by atomic mass is 10.0. The Morgan fingerprint density at radius 3 is 1.38 bits per heavy atom. The maximum atomic E-state index is 12.9. The van der Waals surface area contributed by atoms with Crippen LogP contribution in [-0.4, -0.2) is 73.4 Å². The molecule has 0 rings (SSSR count). The predicted molar refractivity (Wildman–Crippen MR) is 249 cm³/mol. The van der Waals surface area contributed by atoms with Crippen molar-refractivity contribution in [2.75, 3.05) is 40.9 Å². The van der Waals surface area contributed by atoms with Crippen molar-refractivity contribution in [3.05, 3.63) is 36.5 Å². The van der Waals surface area contributed by atoms with Crippen LogP contribution in [-0.2, 0) is 18.4 Å². The van der Waals surface area contributed by atoms with Gasteiger partial charge in [0.05, 0.1) is 39.9 Å². The van der Waals surface area contributed by atoms with Crippen LogP contribution in [0.4, 0.5) is 0 Å². The molecule has 58 heavy (non-hydrogen) atoms. The smallest absolute Gasteiger partial charge is 0.387 e. The Bertz CT molecular complexity index is 1040. The maximum Gasteiger partial charge on any atom is 0.472 e. The van der Waals surface area contributed by atoms with Gasteiger partial charge < -0.3 is 19.8 Å². The van der Waals surface area contributed by atoms with Crippen molar-refractivity contribution >= 4 is 13.7 Å². The molecule has 0 heterocycles. The predicted octanol–water partition coefficient (Wildman–Crippen LogP) is 13.9. The molecular formula is C49H96N2O6P+. The molecule has 3 unspecified atom stereocenters. The van der Waals surface area contributed by atoms with Crippen molar-refractivity contribution in [2.45, 2.75) is 231 Å². The van der Waals surface area contributed by atoms with Gasteiger partial charge in [-0.15, -0.1) is 0 Å². The number of carbonyl (C=O) groups is 1. The van der Waals surface area contributed by atoms with Gasteiger partial charge >= 0.3 is 7.82 Å². The van der Waals surface area contributed by atoms with Crippen molar-refractivity contribution in [3.8, 4) is 0 Å². The number of allylic oxidation sites excluding steroid dienone is 5. The molecule has 0 saturated heterocycles. The first kappa shape index (κ1) is 56.7. The first-order valence-electron chi connectivity index (χ1n) is 24.4. The second kappa shape index (κ2) is 41.1. The van der Waals surface area contributed by atoms with Crippen LogP contribution in [0.2, 0.25) is 0 Å². The first-order chi connectivity index (χ1) is 28.0. The summed E-state index contributed by atoms with van der Waals surface area (Å²) in [6.45, 7) is 4.77. The van der Waals surface area contributed by atoms with Crippen molar-refractivity contribution in [2.24, 2.45) is 0 Å². The van der Waals surface area contributed by atoms with Gasteiger partial charge in [-0.2, -0.15) is 0 Å². The van der Waals surface area contributed by atoms with Crippen LogP contribution < -0.4 is 5.32 Å². The molecule has 0 aliphatic rings. The highest BCUT2D eigenvalue weighted by Gasteiger charge is 2.27. The van der Waals surface area contributed by atoms with Gasteiger partial charge in [-0.3, -0.25) is 13.8 Å². The van der Waals surface area contributed by atoms with Crippen LogP contribution in [0.1, 0.15) is 219 Å². The summed E-state index contributed by atoms with van der Waals surface area (Å²) in [5, 5.41) is 13.8. The molecule has 0 fully saturated rings. The lowest BCUT2D eigenvalue weighted by Crippen LogP contribution is -2.45. The average molecular weight is 840 g/mol. The summed E-state index contributed by atoms with van der Waals surface area (Å²) in [6.07, 6.45) is 50.9. The SMILES string of the molecule is CCCCCCC/C=C/CC/C=C/C(O)C(COP(=O)(O)OCC[N+](C)(C)C)NC(=O)CCCCCCCCCCC/C=C\CCCCCCCCCCCCCC. The fraction of sp³-hybridized carbons (Fsp3) is 0.857. The molecule has 0 bridgehead atoms. The standard InChI is InChI=1S/C49H95N2O6P/c1-6-8-10-12-14-16-18-19-20-21-22-23-24-25-26-27-28-29-30-31-33-35-37-39-41-43-49(53)50-47(46-57-58(54,55)56-45-44-51(3,4)5)48(52)42-40-38-36-34-32-17-15-13-11-9-7-2/h25-26,32,34,40,42,47-48,52H,6-24,27-31,33,35-39,41,43-46H2,1-5H3,(H-,50,53,54,55)/p+1/b26-25-,34-32+,42-40+. The highest BCUT2D eigenvalue weighted by Crippen LogP contribution is 2.43. The van der Waals surface area contributed by atoms with Crippen molar-refractivity contribution in [1.82, 2.24) is 5.32 Å². The van der Waals surface area contributed by atoms with Crippen LogP contribution >= 0.6 is 7.82 Å². The second-order valence-electron chi connectivity index (χ2n) is 17.8. The van der Waals surface area contributed by atoms with E-state index in [2.05, 4.69) is 43.5 Å². The number of amides is 1. The molecule has 0 aromatic carbocycles. The summed E-state index contributed by atoms with van der Waals surface area (Å²) in [4.78, 5) is 23.1. The lowest BCUT2D eigenvalue weighted by molar-refractivity contribution is -0.870. The minimum Gasteiger partial charge on any atom is -0.387 e. The van der Waals surface area contributed by atoms with Gasteiger partial charge in [0.15, 0.2) is 0 Å². The molecule has 0 spiro atoms. The Balaban J connectivity index is 4.20. The van der Waals surface area contributed by atoms with Gasteiger partial charge in [-0.1, -0.05) is 192 Å². The molecule has 1 amide bonds. The molecule has 3 N–H and O–H groups in total. The molecule has 0 aromatic rings. The quantitative estimate of drug-likeness (QED) is 0.0244. The highest BCUT2D eigenvalue weighted by molar-refractivity contribution is 7.47. The second-order valence-corrected chi connectivity index (χ2v) is 19.3. The molecule has 0 radical (unpaired) electrons. The number of phosphoric acid groups is 1. The van der Waals surface area contributed by atoms with E-state index in [1.54, 1.807) is 6.08 Å². The van der Waals surface area contributed by atoms with Gasteiger partial charge in [0, 0.05) is 6.42 Å². The molecule has 9 heteroatoms. The third-order valence-corrected chi connectivity index (χ3v) is 11.8. The third-order valence-electron chi connectivity index (χ3n) is 10.8. The number of nitrogens with zero attached hydrogens (tertiary/aromatic N) is 1. The molecular weight excluding hydrogens is 744 g/mol. The number of likely N-dealkylation sites (N-methyl/N-ethyl adjacent to an activating group) is 1. The fourth-order valence-electron chi connectivity index (χ4n) is 6.93. The minimum atomic E-state index is -4.34. The number of nitrogens with one attached hydrogen (secondary N) is 1. The maximum absolute atomic E-state index is 12.9. The molecule has 0 aromatic heterocycles. The van der Waals surface area contributed by atoms with Crippen LogP contribution in [0.3, 0.4) is 0 Å². The van der Waals surface area contributed by atoms with E-state index in [1.807, 2.05) is 27.2 Å². The number of aliphatic hydroxyl groups excluding tert-OH is 1. The van der Waals surface area contributed by atoms with E-state index in [0.717, 1.165) is 38.5 Å². The van der Waals surface area contributed by atoms with E-state index in [4.69, 9.17) is 9.05 Å². The summed E-state index contributed by atoms with van der Waals surface area (Å²) in [7, 11) is 1.55. The van der Waals surface area contributed by atoms with Gasteiger partial charge in [-0.05, 0) is 57.8 Å². The Labute approximate surface area is 359 Å². The third kappa shape index (κ3) is 42.8. The molecule has 0 saturated carbocycles. The van der Waals surface area contributed by atoms with Crippen LogP contribution in [0.5, 0.6) is 0 Å². The molecule has 3 atom stereocenters. The van der Waals surface area contributed by atoms with E-state index < -0.39 is 20.0 Å². The average Bonchev–Trinajstić information content (AvgIpc) is 3.17. The Morgan fingerprint density at radius 1 is 0.569 bits per heavy atom.